The van der Waals surface area contributed by atoms with Gasteiger partial charge in [0.1, 0.15) is 6.61 Å². The summed E-state index contributed by atoms with van der Waals surface area (Å²) in [7, 11) is 0. The Morgan fingerprint density at radius 2 is 2.57 bits per heavy atom. The van der Waals surface area contributed by atoms with Crippen LogP contribution in [0, 0.1) is 6.92 Å². The van der Waals surface area contributed by atoms with Gasteiger partial charge in [-0.1, -0.05) is 6.07 Å². The quantitative estimate of drug-likeness (QED) is 0.788. The summed E-state index contributed by atoms with van der Waals surface area (Å²) in [6.45, 7) is 3.87. The average molecular weight is 192 g/mol. The molecule has 14 heavy (non-hydrogen) atoms. The first-order valence-corrected chi connectivity index (χ1v) is 5.14. The van der Waals surface area contributed by atoms with E-state index in [4.69, 9.17) is 4.74 Å². The van der Waals surface area contributed by atoms with Crippen molar-refractivity contribution in [1.29, 1.82) is 0 Å². The highest BCUT2D eigenvalue weighted by Crippen LogP contribution is 2.13. The van der Waals surface area contributed by atoms with E-state index in [1.807, 2.05) is 19.1 Å². The van der Waals surface area contributed by atoms with Gasteiger partial charge in [0.15, 0.2) is 0 Å². The van der Waals surface area contributed by atoms with Crippen molar-refractivity contribution in [1.82, 2.24) is 10.3 Å². The lowest BCUT2D eigenvalue weighted by Gasteiger charge is -2.12. The first-order valence-electron chi connectivity index (χ1n) is 5.14. The van der Waals surface area contributed by atoms with E-state index in [9.17, 15) is 0 Å². The molecule has 0 aromatic carbocycles. The molecule has 1 aliphatic heterocycles. The molecule has 0 radical (unpaired) electrons. The van der Waals surface area contributed by atoms with Crippen LogP contribution in [-0.2, 0) is 0 Å². The number of hydrogen-bond acceptors (Lipinski definition) is 3. The van der Waals surface area contributed by atoms with Crippen molar-refractivity contribution in [2.24, 2.45) is 0 Å². The highest BCUT2D eigenvalue weighted by Gasteiger charge is 2.14. The van der Waals surface area contributed by atoms with Gasteiger partial charge in [-0.2, -0.15) is 0 Å². The van der Waals surface area contributed by atoms with Crippen LogP contribution in [0.4, 0.5) is 0 Å². The summed E-state index contributed by atoms with van der Waals surface area (Å²) in [4.78, 5) is 4.19. The second-order valence-corrected chi connectivity index (χ2v) is 3.73. The molecule has 1 saturated heterocycles. The number of aryl methyl sites for hydroxylation is 1. The minimum atomic E-state index is 0.511. The monoisotopic (exact) mass is 192 g/mol. The molecule has 1 N–H and O–H groups in total. The molecule has 0 saturated carbocycles. The Bertz CT molecular complexity index is 295. The Balaban J connectivity index is 1.88. The Morgan fingerprint density at radius 1 is 1.64 bits per heavy atom. The first-order chi connectivity index (χ1) is 6.86. The predicted molar refractivity (Wildman–Crippen MR) is 55.5 cm³/mol. The third-order valence-electron chi connectivity index (χ3n) is 2.55. The summed E-state index contributed by atoms with van der Waals surface area (Å²) in [5.41, 5.74) is 1.10. The summed E-state index contributed by atoms with van der Waals surface area (Å²) in [5, 5.41) is 3.39. The van der Waals surface area contributed by atoms with Crippen LogP contribution in [0.1, 0.15) is 18.4 Å². The summed E-state index contributed by atoms with van der Waals surface area (Å²) < 4.78 is 5.65. The maximum Gasteiger partial charge on any atom is 0.216 e. The molecular formula is C11H16N2O. The Kier molecular flexibility index (Phi) is 2.99. The van der Waals surface area contributed by atoms with Crippen molar-refractivity contribution in [3.05, 3.63) is 23.9 Å². The Hall–Kier alpha value is -1.09. The van der Waals surface area contributed by atoms with Gasteiger partial charge in [-0.15, -0.1) is 0 Å². The smallest absolute Gasteiger partial charge is 0.216 e. The van der Waals surface area contributed by atoms with E-state index < -0.39 is 0 Å². The van der Waals surface area contributed by atoms with E-state index in [2.05, 4.69) is 10.3 Å². The molecule has 1 aliphatic rings. The molecule has 3 heteroatoms. The van der Waals surface area contributed by atoms with Gasteiger partial charge >= 0.3 is 0 Å². The molecule has 1 fully saturated rings. The summed E-state index contributed by atoms with van der Waals surface area (Å²) >= 11 is 0. The van der Waals surface area contributed by atoms with Crippen molar-refractivity contribution in [2.45, 2.75) is 25.8 Å². The van der Waals surface area contributed by atoms with Gasteiger partial charge in [-0.05, 0) is 32.4 Å². The molecule has 2 heterocycles. The molecule has 0 bridgehead atoms. The summed E-state index contributed by atoms with van der Waals surface area (Å²) in [6, 6.07) is 4.46. The van der Waals surface area contributed by atoms with Crippen LogP contribution in [0.2, 0.25) is 0 Å². The maximum absolute atomic E-state index is 5.65. The number of pyridine rings is 1. The van der Waals surface area contributed by atoms with Gasteiger partial charge in [0.2, 0.25) is 5.88 Å². The van der Waals surface area contributed by atoms with Crippen molar-refractivity contribution < 1.29 is 4.74 Å². The second-order valence-electron chi connectivity index (χ2n) is 3.73. The topological polar surface area (TPSA) is 34.1 Å². The van der Waals surface area contributed by atoms with Crippen LogP contribution in [0.3, 0.4) is 0 Å². The van der Waals surface area contributed by atoms with Crippen LogP contribution in [-0.4, -0.2) is 24.2 Å². The zero-order valence-electron chi connectivity index (χ0n) is 8.49. The standard InChI is InChI=1S/C11H16N2O/c1-9-4-2-7-13-11(9)14-8-10-5-3-6-12-10/h2,4,7,10,12H,3,5-6,8H2,1H3/t10-/m0/s1. The van der Waals surface area contributed by atoms with Gasteiger partial charge in [0.05, 0.1) is 0 Å². The van der Waals surface area contributed by atoms with E-state index in [1.54, 1.807) is 6.20 Å². The SMILES string of the molecule is Cc1cccnc1OC[C@@H]1CCCN1. The number of nitrogens with zero attached hydrogens (tertiary/aromatic N) is 1. The second kappa shape index (κ2) is 4.42. The highest BCUT2D eigenvalue weighted by molar-refractivity contribution is 5.23. The van der Waals surface area contributed by atoms with Crippen LogP contribution in [0.15, 0.2) is 18.3 Å². The molecule has 1 atom stereocenters. The van der Waals surface area contributed by atoms with Gasteiger partial charge in [0, 0.05) is 17.8 Å². The average Bonchev–Trinajstić information content (AvgIpc) is 2.69. The third kappa shape index (κ3) is 2.23. The largest absolute Gasteiger partial charge is 0.476 e. The predicted octanol–water partition coefficient (Wildman–Crippen LogP) is 1.52. The van der Waals surface area contributed by atoms with Crippen LogP contribution in [0.5, 0.6) is 5.88 Å². The zero-order valence-corrected chi connectivity index (χ0v) is 8.49. The molecule has 0 spiro atoms. The van der Waals surface area contributed by atoms with E-state index in [-0.39, 0.29) is 0 Å². The van der Waals surface area contributed by atoms with Crippen molar-refractivity contribution in [2.75, 3.05) is 13.2 Å². The number of ether oxygens (including phenoxy) is 1. The zero-order chi connectivity index (χ0) is 9.80. The first kappa shape index (κ1) is 9.46. The fourth-order valence-corrected chi connectivity index (χ4v) is 1.70. The van der Waals surface area contributed by atoms with E-state index in [0.29, 0.717) is 6.04 Å². The normalized spacial score (nSPS) is 21.1. The van der Waals surface area contributed by atoms with Crippen molar-refractivity contribution in [3.63, 3.8) is 0 Å². The maximum atomic E-state index is 5.65. The lowest BCUT2D eigenvalue weighted by atomic mass is 10.2. The van der Waals surface area contributed by atoms with Crippen LogP contribution < -0.4 is 10.1 Å². The van der Waals surface area contributed by atoms with Gasteiger partial charge in [-0.25, -0.2) is 4.98 Å². The third-order valence-corrected chi connectivity index (χ3v) is 2.55. The molecule has 1 aromatic heterocycles. The lowest BCUT2D eigenvalue weighted by Crippen LogP contribution is -2.28. The van der Waals surface area contributed by atoms with E-state index in [0.717, 1.165) is 24.6 Å². The van der Waals surface area contributed by atoms with Crippen LogP contribution in [0.25, 0.3) is 0 Å². The van der Waals surface area contributed by atoms with Gasteiger partial charge in [-0.3, -0.25) is 0 Å². The Labute approximate surface area is 84.5 Å². The van der Waals surface area contributed by atoms with Gasteiger partial charge < -0.3 is 10.1 Å². The number of nitrogens with one attached hydrogen (secondary N) is 1. The number of aromatic nitrogens is 1. The molecule has 0 aliphatic carbocycles. The molecule has 2 rings (SSSR count). The molecule has 0 unspecified atom stereocenters. The molecular weight excluding hydrogens is 176 g/mol. The minimum absolute atomic E-state index is 0.511. The molecule has 76 valence electrons. The fraction of sp³-hybridized carbons (Fsp3) is 0.545. The lowest BCUT2D eigenvalue weighted by molar-refractivity contribution is 0.266. The van der Waals surface area contributed by atoms with Gasteiger partial charge in [0.25, 0.3) is 0 Å². The minimum Gasteiger partial charge on any atom is -0.476 e. The Morgan fingerprint density at radius 3 is 3.29 bits per heavy atom. The van der Waals surface area contributed by atoms with Crippen molar-refractivity contribution >= 4 is 0 Å². The molecule has 3 nitrogen and oxygen atoms in total. The van der Waals surface area contributed by atoms with E-state index in [1.165, 1.54) is 12.8 Å². The number of rotatable bonds is 3. The van der Waals surface area contributed by atoms with Crippen LogP contribution >= 0.6 is 0 Å². The molecule has 0 amide bonds. The van der Waals surface area contributed by atoms with Crippen molar-refractivity contribution in [3.8, 4) is 5.88 Å². The van der Waals surface area contributed by atoms with E-state index >= 15 is 0 Å². The highest BCUT2D eigenvalue weighted by atomic mass is 16.5. The summed E-state index contributed by atoms with van der Waals surface area (Å²) in [6.07, 6.45) is 4.24. The number of hydrogen-bond donors (Lipinski definition) is 1. The fourth-order valence-electron chi connectivity index (χ4n) is 1.70. The summed E-state index contributed by atoms with van der Waals surface area (Å²) in [5.74, 6) is 0.765. The molecule has 1 aromatic rings.